The fourth-order valence-electron chi connectivity index (χ4n) is 3.01. The van der Waals surface area contributed by atoms with Crippen LogP contribution in [0.5, 0.6) is 5.75 Å². The molecule has 0 aliphatic heterocycles. The molecule has 0 saturated carbocycles. The Morgan fingerprint density at radius 1 is 0.958 bits per heavy atom. The Kier molecular flexibility index (Phi) is 7.13. The molecule has 1 N–H and O–H groups in total. The van der Waals surface area contributed by atoms with Crippen LogP contribution in [0, 0.1) is 0 Å². The van der Waals surface area contributed by atoms with Crippen LogP contribution in [0.1, 0.15) is 97.8 Å². The summed E-state index contributed by atoms with van der Waals surface area (Å²) in [7, 11) is 0. The molecule has 0 aromatic heterocycles. The van der Waals surface area contributed by atoms with E-state index in [1.807, 2.05) is 0 Å². The van der Waals surface area contributed by atoms with Crippen LogP contribution in [0.2, 0.25) is 0 Å². The highest BCUT2D eigenvalue weighted by atomic mass is 16.3. The van der Waals surface area contributed by atoms with Crippen molar-refractivity contribution in [1.29, 1.82) is 0 Å². The van der Waals surface area contributed by atoms with Crippen LogP contribution in [-0.2, 0) is 17.3 Å². The molecule has 1 nitrogen and oxygen atoms in total. The monoisotopic (exact) mass is 330 g/mol. The van der Waals surface area contributed by atoms with E-state index in [2.05, 4.69) is 73.6 Å². The number of allylic oxidation sites excluding steroid dienone is 2. The second-order valence-electron chi connectivity index (χ2n) is 9.11. The second-order valence-corrected chi connectivity index (χ2v) is 9.11. The van der Waals surface area contributed by atoms with Crippen LogP contribution in [0.3, 0.4) is 0 Å². The fourth-order valence-corrected chi connectivity index (χ4v) is 3.01. The first kappa shape index (κ1) is 20.8. The summed E-state index contributed by atoms with van der Waals surface area (Å²) in [5.41, 5.74) is 4.95. The largest absolute Gasteiger partial charge is 0.507 e. The quantitative estimate of drug-likeness (QED) is 0.554. The van der Waals surface area contributed by atoms with Gasteiger partial charge in [-0.2, -0.15) is 0 Å². The lowest BCUT2D eigenvalue weighted by atomic mass is 9.78. The molecule has 0 unspecified atom stereocenters. The summed E-state index contributed by atoms with van der Waals surface area (Å²) in [4.78, 5) is 0. The van der Waals surface area contributed by atoms with E-state index in [9.17, 15) is 5.11 Å². The number of hydrogen-bond acceptors (Lipinski definition) is 1. The molecule has 0 amide bonds. The lowest BCUT2D eigenvalue weighted by molar-refractivity contribution is 0.438. The highest BCUT2D eigenvalue weighted by molar-refractivity contribution is 5.50. The lowest BCUT2D eigenvalue weighted by Gasteiger charge is -2.28. The third-order valence-corrected chi connectivity index (χ3v) is 4.57. The molecule has 1 aromatic carbocycles. The van der Waals surface area contributed by atoms with Gasteiger partial charge >= 0.3 is 0 Å². The maximum atomic E-state index is 10.9. The van der Waals surface area contributed by atoms with Crippen molar-refractivity contribution in [2.45, 2.75) is 98.3 Å². The molecule has 0 spiro atoms. The summed E-state index contributed by atoms with van der Waals surface area (Å²) < 4.78 is 0. The molecule has 136 valence electrons. The van der Waals surface area contributed by atoms with Crippen molar-refractivity contribution in [3.63, 3.8) is 0 Å². The standard InChI is InChI=1S/C23H38O/c1-9-11-13-17(12-10-2)14-18-15-19(22(3,4)5)16-20(21(18)24)23(6,7)8/h13,15-16,24H,9-12,14H2,1-8H3/b17-13+. The number of aromatic hydroxyl groups is 1. The second kappa shape index (κ2) is 8.23. The van der Waals surface area contributed by atoms with E-state index >= 15 is 0 Å². The third kappa shape index (κ3) is 5.69. The van der Waals surface area contributed by atoms with E-state index in [-0.39, 0.29) is 10.8 Å². The van der Waals surface area contributed by atoms with E-state index in [4.69, 9.17) is 0 Å². The van der Waals surface area contributed by atoms with Gasteiger partial charge in [0.05, 0.1) is 0 Å². The van der Waals surface area contributed by atoms with Crippen LogP contribution >= 0.6 is 0 Å². The Balaban J connectivity index is 3.40. The van der Waals surface area contributed by atoms with Crippen molar-refractivity contribution in [3.05, 3.63) is 40.5 Å². The molecule has 0 atom stereocenters. The van der Waals surface area contributed by atoms with Gasteiger partial charge in [-0.05, 0) is 46.8 Å². The molecule has 0 aliphatic rings. The lowest BCUT2D eigenvalue weighted by Crippen LogP contribution is -2.17. The summed E-state index contributed by atoms with van der Waals surface area (Å²) in [6, 6.07) is 4.42. The van der Waals surface area contributed by atoms with Gasteiger partial charge in [0.25, 0.3) is 0 Å². The number of phenolic OH excluding ortho intramolecular Hbond substituents is 1. The first-order valence-corrected chi connectivity index (χ1v) is 9.55. The zero-order valence-corrected chi connectivity index (χ0v) is 17.2. The summed E-state index contributed by atoms with van der Waals surface area (Å²) in [5, 5.41) is 10.9. The van der Waals surface area contributed by atoms with Crippen molar-refractivity contribution in [2.24, 2.45) is 0 Å². The third-order valence-electron chi connectivity index (χ3n) is 4.57. The van der Waals surface area contributed by atoms with E-state index < -0.39 is 0 Å². The Labute approximate surface area is 150 Å². The van der Waals surface area contributed by atoms with E-state index in [0.29, 0.717) is 5.75 Å². The van der Waals surface area contributed by atoms with Gasteiger partial charge in [0.2, 0.25) is 0 Å². The van der Waals surface area contributed by atoms with Crippen molar-refractivity contribution >= 4 is 0 Å². The zero-order chi connectivity index (χ0) is 18.5. The topological polar surface area (TPSA) is 20.2 Å². The molecule has 0 bridgehead atoms. The summed E-state index contributed by atoms with van der Waals surface area (Å²) >= 11 is 0. The van der Waals surface area contributed by atoms with Crippen LogP contribution < -0.4 is 0 Å². The Bertz CT molecular complexity index is 565. The first-order valence-electron chi connectivity index (χ1n) is 9.55. The predicted molar refractivity (Wildman–Crippen MR) is 107 cm³/mol. The summed E-state index contributed by atoms with van der Waals surface area (Å²) in [6.07, 6.45) is 7.82. The van der Waals surface area contributed by atoms with E-state index in [1.54, 1.807) is 0 Å². The molecule has 0 radical (unpaired) electrons. The molecule has 1 rings (SSSR count). The number of hydrogen-bond donors (Lipinski definition) is 1. The van der Waals surface area contributed by atoms with Crippen molar-refractivity contribution in [2.75, 3.05) is 0 Å². The number of benzene rings is 1. The van der Waals surface area contributed by atoms with Gasteiger partial charge in [-0.25, -0.2) is 0 Å². The smallest absolute Gasteiger partial charge is 0.122 e. The van der Waals surface area contributed by atoms with Crippen molar-refractivity contribution in [3.8, 4) is 5.75 Å². The van der Waals surface area contributed by atoms with Crippen LogP contribution in [-0.4, -0.2) is 5.11 Å². The minimum absolute atomic E-state index is 0.0574. The summed E-state index contributed by atoms with van der Waals surface area (Å²) in [5.74, 6) is 0.494. The molecule has 24 heavy (non-hydrogen) atoms. The molecular weight excluding hydrogens is 292 g/mol. The molecular formula is C23H38O. The Morgan fingerprint density at radius 3 is 2.04 bits per heavy atom. The zero-order valence-electron chi connectivity index (χ0n) is 17.2. The van der Waals surface area contributed by atoms with Gasteiger partial charge in [0, 0.05) is 0 Å². The predicted octanol–water partition coefficient (Wildman–Crippen LogP) is 7.06. The first-order chi connectivity index (χ1) is 11.0. The molecule has 0 saturated heterocycles. The van der Waals surface area contributed by atoms with Gasteiger partial charge in [0.1, 0.15) is 5.75 Å². The maximum absolute atomic E-state index is 10.9. The van der Waals surface area contributed by atoms with Gasteiger partial charge in [-0.15, -0.1) is 0 Å². The van der Waals surface area contributed by atoms with Crippen LogP contribution in [0.25, 0.3) is 0 Å². The van der Waals surface area contributed by atoms with Crippen molar-refractivity contribution in [1.82, 2.24) is 0 Å². The number of phenols is 1. The average molecular weight is 331 g/mol. The van der Waals surface area contributed by atoms with Crippen LogP contribution in [0.15, 0.2) is 23.8 Å². The summed E-state index contributed by atoms with van der Waals surface area (Å²) in [6.45, 7) is 17.7. The van der Waals surface area contributed by atoms with E-state index in [1.165, 1.54) is 17.6 Å². The maximum Gasteiger partial charge on any atom is 0.122 e. The molecule has 0 heterocycles. The number of rotatable bonds is 6. The minimum atomic E-state index is -0.0574. The SMILES string of the molecule is CCC/C=C(\CCC)Cc1cc(C(C)(C)C)cc(C(C)(C)C)c1O. The normalized spacial score (nSPS) is 13.4. The Morgan fingerprint density at radius 2 is 1.58 bits per heavy atom. The highest BCUT2D eigenvalue weighted by Crippen LogP contribution is 2.38. The Hall–Kier alpha value is -1.24. The van der Waals surface area contributed by atoms with Gasteiger partial charge in [-0.3, -0.25) is 0 Å². The molecule has 1 heteroatoms. The number of unbranched alkanes of at least 4 members (excludes halogenated alkanes) is 1. The van der Waals surface area contributed by atoms with Gasteiger partial charge < -0.3 is 5.11 Å². The minimum Gasteiger partial charge on any atom is -0.507 e. The molecule has 1 aromatic rings. The fraction of sp³-hybridized carbons (Fsp3) is 0.652. The molecule has 0 aliphatic carbocycles. The average Bonchev–Trinajstić information content (AvgIpc) is 2.44. The highest BCUT2D eigenvalue weighted by Gasteiger charge is 2.25. The van der Waals surface area contributed by atoms with Gasteiger partial charge in [0.15, 0.2) is 0 Å². The van der Waals surface area contributed by atoms with Gasteiger partial charge in [-0.1, -0.05) is 92.0 Å². The van der Waals surface area contributed by atoms with Crippen LogP contribution in [0.4, 0.5) is 0 Å². The van der Waals surface area contributed by atoms with E-state index in [0.717, 1.165) is 36.8 Å². The molecule has 0 fully saturated rings. The van der Waals surface area contributed by atoms with Crippen molar-refractivity contribution < 1.29 is 5.11 Å².